The van der Waals surface area contributed by atoms with E-state index in [2.05, 4.69) is 10.2 Å². The van der Waals surface area contributed by atoms with Gasteiger partial charge < -0.3 is 14.9 Å². The van der Waals surface area contributed by atoms with Gasteiger partial charge in [-0.05, 0) is 64.2 Å². The van der Waals surface area contributed by atoms with Crippen LogP contribution in [0.4, 0.5) is 4.79 Å². The van der Waals surface area contributed by atoms with E-state index >= 15 is 0 Å². The van der Waals surface area contributed by atoms with Crippen LogP contribution < -0.4 is 5.32 Å². The van der Waals surface area contributed by atoms with Crippen molar-refractivity contribution in [3.63, 3.8) is 0 Å². The van der Waals surface area contributed by atoms with Gasteiger partial charge in [-0.25, -0.2) is 4.79 Å². The van der Waals surface area contributed by atoms with Crippen LogP contribution in [-0.2, 0) is 9.57 Å². The van der Waals surface area contributed by atoms with Crippen LogP contribution in [0, 0.1) is 27.9 Å². The topological polar surface area (TPSA) is 90.7 Å². The summed E-state index contributed by atoms with van der Waals surface area (Å²) in [5.41, 5.74) is -0.478. The van der Waals surface area contributed by atoms with Crippen molar-refractivity contribution < 1.29 is 19.5 Å². The standard InChI is InChI=1S/C15H28N2O5/c1-11(10-21-17(19)20)13-7-5-12(6-8-13)9-16-14(18)22-15(2,3)4/h11-13H,5-10H2,1-4H3,(H,16,18). The first-order valence-corrected chi connectivity index (χ1v) is 7.91. The molecule has 1 rings (SSSR count). The van der Waals surface area contributed by atoms with E-state index in [9.17, 15) is 14.9 Å². The third-order valence-electron chi connectivity index (χ3n) is 4.07. The molecule has 1 fully saturated rings. The molecule has 1 aliphatic rings. The molecule has 1 saturated carbocycles. The summed E-state index contributed by atoms with van der Waals surface area (Å²) in [7, 11) is 0. The Kier molecular flexibility index (Phi) is 6.90. The summed E-state index contributed by atoms with van der Waals surface area (Å²) >= 11 is 0. The molecule has 0 aromatic rings. The highest BCUT2D eigenvalue weighted by Gasteiger charge is 2.26. The molecule has 0 aliphatic heterocycles. The molecular weight excluding hydrogens is 288 g/mol. The van der Waals surface area contributed by atoms with Gasteiger partial charge in [-0.3, -0.25) is 0 Å². The summed E-state index contributed by atoms with van der Waals surface area (Å²) < 4.78 is 5.21. The Balaban J connectivity index is 2.22. The number of carbonyl (C=O) groups excluding carboxylic acids is 1. The average Bonchev–Trinajstić information content (AvgIpc) is 2.41. The molecule has 0 bridgehead atoms. The van der Waals surface area contributed by atoms with E-state index in [0.717, 1.165) is 25.7 Å². The third-order valence-corrected chi connectivity index (χ3v) is 4.07. The molecule has 0 radical (unpaired) electrons. The minimum atomic E-state index is -0.729. The van der Waals surface area contributed by atoms with Gasteiger partial charge in [0.1, 0.15) is 5.60 Å². The summed E-state index contributed by atoms with van der Waals surface area (Å²) in [6.45, 7) is 8.30. The monoisotopic (exact) mass is 316 g/mol. The summed E-state index contributed by atoms with van der Waals surface area (Å²) in [4.78, 5) is 26.3. The van der Waals surface area contributed by atoms with Crippen LogP contribution in [-0.4, -0.2) is 29.9 Å². The predicted molar refractivity (Wildman–Crippen MR) is 81.8 cm³/mol. The van der Waals surface area contributed by atoms with Crippen LogP contribution in [0.15, 0.2) is 0 Å². The quantitative estimate of drug-likeness (QED) is 0.600. The van der Waals surface area contributed by atoms with Gasteiger partial charge in [0.25, 0.3) is 5.09 Å². The highest BCUT2D eigenvalue weighted by molar-refractivity contribution is 5.67. The second-order valence-corrected chi connectivity index (χ2v) is 7.16. The SMILES string of the molecule is CC(CO[N+](=O)[O-])C1CCC(CNC(=O)OC(C)(C)C)CC1. The number of nitrogens with zero attached hydrogens (tertiary/aromatic N) is 1. The predicted octanol–water partition coefficient (Wildman–Crippen LogP) is 3.16. The van der Waals surface area contributed by atoms with E-state index in [0.29, 0.717) is 18.4 Å². The Morgan fingerprint density at radius 2 is 1.91 bits per heavy atom. The minimum absolute atomic E-state index is 0.165. The highest BCUT2D eigenvalue weighted by Crippen LogP contribution is 2.33. The van der Waals surface area contributed by atoms with Gasteiger partial charge in [-0.1, -0.05) is 6.92 Å². The maximum atomic E-state index is 11.6. The molecule has 7 nitrogen and oxygen atoms in total. The van der Waals surface area contributed by atoms with Crippen molar-refractivity contribution in [3.8, 4) is 0 Å². The van der Waals surface area contributed by atoms with E-state index in [1.165, 1.54) is 0 Å². The van der Waals surface area contributed by atoms with E-state index in [4.69, 9.17) is 4.74 Å². The summed E-state index contributed by atoms with van der Waals surface area (Å²) in [5.74, 6) is 1.09. The Bertz CT molecular complexity index is 373. The van der Waals surface area contributed by atoms with Crippen molar-refractivity contribution in [2.24, 2.45) is 17.8 Å². The van der Waals surface area contributed by atoms with Gasteiger partial charge in [-0.2, -0.15) is 0 Å². The van der Waals surface area contributed by atoms with E-state index in [1.54, 1.807) is 0 Å². The Labute approximate surface area is 131 Å². The molecule has 0 saturated heterocycles. The Hall–Kier alpha value is -1.53. The molecule has 1 N–H and O–H groups in total. The average molecular weight is 316 g/mol. The number of carbonyl (C=O) groups is 1. The fourth-order valence-electron chi connectivity index (χ4n) is 2.82. The molecule has 7 heteroatoms. The third kappa shape index (κ3) is 7.47. The second-order valence-electron chi connectivity index (χ2n) is 7.16. The molecule has 0 heterocycles. The van der Waals surface area contributed by atoms with Crippen LogP contribution in [0.25, 0.3) is 0 Å². The van der Waals surface area contributed by atoms with Crippen molar-refractivity contribution in [1.82, 2.24) is 5.32 Å². The summed E-state index contributed by atoms with van der Waals surface area (Å²) in [6.07, 6.45) is 3.70. The van der Waals surface area contributed by atoms with Crippen molar-refractivity contribution in [3.05, 3.63) is 10.1 Å². The molecular formula is C15H28N2O5. The fourth-order valence-corrected chi connectivity index (χ4v) is 2.82. The molecule has 128 valence electrons. The minimum Gasteiger partial charge on any atom is -0.444 e. The van der Waals surface area contributed by atoms with Crippen LogP contribution in [0.1, 0.15) is 53.4 Å². The highest BCUT2D eigenvalue weighted by atomic mass is 16.9. The molecule has 0 aromatic carbocycles. The number of nitrogens with one attached hydrogen (secondary N) is 1. The first-order valence-electron chi connectivity index (χ1n) is 7.91. The van der Waals surface area contributed by atoms with Crippen LogP contribution >= 0.6 is 0 Å². The molecule has 1 atom stereocenters. The first kappa shape index (κ1) is 18.5. The van der Waals surface area contributed by atoms with Crippen LogP contribution in [0.5, 0.6) is 0 Å². The lowest BCUT2D eigenvalue weighted by molar-refractivity contribution is -0.759. The number of amides is 1. The lowest BCUT2D eigenvalue weighted by atomic mass is 9.76. The largest absolute Gasteiger partial charge is 0.444 e. The maximum absolute atomic E-state index is 11.6. The van der Waals surface area contributed by atoms with Crippen molar-refractivity contribution in [2.45, 2.75) is 59.0 Å². The normalized spacial score (nSPS) is 23.5. The van der Waals surface area contributed by atoms with Gasteiger partial charge in [-0.15, -0.1) is 10.1 Å². The zero-order valence-corrected chi connectivity index (χ0v) is 14.0. The summed E-state index contributed by atoms with van der Waals surface area (Å²) in [6, 6.07) is 0. The fraction of sp³-hybridized carbons (Fsp3) is 0.933. The van der Waals surface area contributed by atoms with Crippen molar-refractivity contribution in [2.75, 3.05) is 13.2 Å². The van der Waals surface area contributed by atoms with Gasteiger partial charge in [0, 0.05) is 6.54 Å². The van der Waals surface area contributed by atoms with Crippen LogP contribution in [0.3, 0.4) is 0 Å². The lowest BCUT2D eigenvalue weighted by Gasteiger charge is -2.32. The Morgan fingerprint density at radius 3 is 2.41 bits per heavy atom. The molecule has 1 amide bonds. The second kappa shape index (κ2) is 8.19. The molecule has 0 aromatic heterocycles. The molecule has 0 spiro atoms. The number of ether oxygens (including phenoxy) is 1. The zero-order chi connectivity index (χ0) is 16.8. The lowest BCUT2D eigenvalue weighted by Crippen LogP contribution is -2.36. The summed E-state index contributed by atoms with van der Waals surface area (Å²) in [5, 5.41) is 12.3. The van der Waals surface area contributed by atoms with Gasteiger partial charge in [0.05, 0.1) is 6.61 Å². The number of hydrogen-bond acceptors (Lipinski definition) is 5. The van der Waals surface area contributed by atoms with E-state index in [1.807, 2.05) is 27.7 Å². The smallest absolute Gasteiger partial charge is 0.407 e. The van der Waals surface area contributed by atoms with Crippen LogP contribution in [0.2, 0.25) is 0 Å². The number of rotatable bonds is 6. The van der Waals surface area contributed by atoms with E-state index < -0.39 is 10.7 Å². The van der Waals surface area contributed by atoms with E-state index in [-0.39, 0.29) is 18.6 Å². The first-order chi connectivity index (χ1) is 10.2. The number of hydrogen-bond donors (Lipinski definition) is 1. The van der Waals surface area contributed by atoms with Gasteiger partial charge >= 0.3 is 6.09 Å². The van der Waals surface area contributed by atoms with Gasteiger partial charge in [0.2, 0.25) is 0 Å². The number of alkyl carbamates (subject to hydrolysis) is 1. The maximum Gasteiger partial charge on any atom is 0.407 e. The van der Waals surface area contributed by atoms with Gasteiger partial charge in [0.15, 0.2) is 0 Å². The van der Waals surface area contributed by atoms with Crippen molar-refractivity contribution >= 4 is 6.09 Å². The molecule has 1 unspecified atom stereocenters. The molecule has 1 aliphatic carbocycles. The van der Waals surface area contributed by atoms with Crippen molar-refractivity contribution in [1.29, 1.82) is 0 Å². The molecule has 22 heavy (non-hydrogen) atoms. The zero-order valence-electron chi connectivity index (χ0n) is 14.0. The Morgan fingerprint density at radius 1 is 1.32 bits per heavy atom.